The minimum atomic E-state index is 0.630. The summed E-state index contributed by atoms with van der Waals surface area (Å²) < 4.78 is 12.7. The molecule has 3 rings (SSSR count). The van der Waals surface area contributed by atoms with Crippen LogP contribution in [0.15, 0.2) is 66.3 Å². The number of benzene rings is 2. The van der Waals surface area contributed by atoms with Crippen molar-refractivity contribution in [3.63, 3.8) is 0 Å². The summed E-state index contributed by atoms with van der Waals surface area (Å²) in [7, 11) is 3.33. The van der Waals surface area contributed by atoms with Gasteiger partial charge < -0.3 is 9.47 Å². The zero-order valence-electron chi connectivity index (χ0n) is 14.9. The standard InChI is InChI=1S/C20H21N3O2S/c1-4-13-23-19(17-7-5-6-8-18(17)25-3)21-22-20(23)26-14-15-9-11-16(24-2)12-10-15/h4-12H,1,13-14H2,2-3H3. The molecule has 0 spiro atoms. The average molecular weight is 367 g/mol. The fraction of sp³-hybridized carbons (Fsp3) is 0.200. The van der Waals surface area contributed by atoms with Crippen LogP contribution in [0.25, 0.3) is 11.4 Å². The number of thioether (sulfide) groups is 1. The highest BCUT2D eigenvalue weighted by Gasteiger charge is 2.16. The molecule has 1 heterocycles. The lowest BCUT2D eigenvalue weighted by Crippen LogP contribution is -2.01. The molecule has 26 heavy (non-hydrogen) atoms. The summed E-state index contributed by atoms with van der Waals surface area (Å²) in [4.78, 5) is 0. The van der Waals surface area contributed by atoms with E-state index in [1.54, 1.807) is 26.0 Å². The average Bonchev–Trinajstić information content (AvgIpc) is 3.09. The summed E-state index contributed by atoms with van der Waals surface area (Å²) >= 11 is 1.64. The molecule has 5 nitrogen and oxygen atoms in total. The van der Waals surface area contributed by atoms with E-state index in [4.69, 9.17) is 9.47 Å². The number of para-hydroxylation sites is 1. The smallest absolute Gasteiger partial charge is 0.192 e. The maximum atomic E-state index is 5.47. The number of hydrogen-bond donors (Lipinski definition) is 0. The molecule has 134 valence electrons. The minimum absolute atomic E-state index is 0.630. The monoisotopic (exact) mass is 367 g/mol. The molecule has 1 aromatic heterocycles. The van der Waals surface area contributed by atoms with Crippen LogP contribution in [-0.4, -0.2) is 29.0 Å². The first-order valence-electron chi connectivity index (χ1n) is 8.20. The molecule has 0 aliphatic heterocycles. The second kappa shape index (κ2) is 8.58. The summed E-state index contributed by atoms with van der Waals surface area (Å²) in [6, 6.07) is 15.9. The van der Waals surface area contributed by atoms with Gasteiger partial charge in [-0.3, -0.25) is 4.57 Å². The fourth-order valence-corrected chi connectivity index (χ4v) is 3.49. The van der Waals surface area contributed by atoms with Crippen molar-refractivity contribution in [3.8, 4) is 22.9 Å². The van der Waals surface area contributed by atoms with Crippen LogP contribution < -0.4 is 9.47 Å². The molecule has 0 saturated heterocycles. The number of nitrogens with zero attached hydrogens (tertiary/aromatic N) is 3. The molecule has 2 aromatic carbocycles. The van der Waals surface area contributed by atoms with Gasteiger partial charge in [0.15, 0.2) is 11.0 Å². The van der Waals surface area contributed by atoms with Crippen LogP contribution in [0.1, 0.15) is 5.56 Å². The SMILES string of the molecule is C=CCn1c(SCc2ccc(OC)cc2)nnc1-c1ccccc1OC. The van der Waals surface area contributed by atoms with Crippen molar-refractivity contribution in [3.05, 3.63) is 66.7 Å². The van der Waals surface area contributed by atoms with E-state index in [-0.39, 0.29) is 0 Å². The van der Waals surface area contributed by atoms with E-state index in [0.717, 1.165) is 33.8 Å². The number of hydrogen-bond acceptors (Lipinski definition) is 5. The van der Waals surface area contributed by atoms with Crippen molar-refractivity contribution in [2.24, 2.45) is 0 Å². The molecule has 0 saturated carbocycles. The van der Waals surface area contributed by atoms with Crippen LogP contribution in [0.5, 0.6) is 11.5 Å². The Morgan fingerprint density at radius 3 is 2.50 bits per heavy atom. The molecule has 0 radical (unpaired) electrons. The Balaban J connectivity index is 1.85. The number of rotatable bonds is 8. The van der Waals surface area contributed by atoms with Gasteiger partial charge in [0.25, 0.3) is 0 Å². The Kier molecular flexibility index (Phi) is 5.96. The fourth-order valence-electron chi connectivity index (χ4n) is 2.59. The van der Waals surface area contributed by atoms with Crippen molar-refractivity contribution in [2.45, 2.75) is 17.5 Å². The normalized spacial score (nSPS) is 10.5. The third kappa shape index (κ3) is 3.91. The summed E-state index contributed by atoms with van der Waals surface area (Å²) in [6.45, 7) is 4.49. The van der Waals surface area contributed by atoms with Crippen molar-refractivity contribution in [2.75, 3.05) is 14.2 Å². The van der Waals surface area contributed by atoms with Crippen LogP contribution >= 0.6 is 11.8 Å². The third-order valence-electron chi connectivity index (χ3n) is 3.90. The largest absolute Gasteiger partial charge is 0.497 e. The molecular weight excluding hydrogens is 346 g/mol. The van der Waals surface area contributed by atoms with Gasteiger partial charge in [0.2, 0.25) is 0 Å². The van der Waals surface area contributed by atoms with Crippen LogP contribution in [0.3, 0.4) is 0 Å². The van der Waals surface area contributed by atoms with E-state index < -0.39 is 0 Å². The molecule has 0 atom stereocenters. The highest BCUT2D eigenvalue weighted by atomic mass is 32.2. The van der Waals surface area contributed by atoms with Crippen LogP contribution in [0.2, 0.25) is 0 Å². The van der Waals surface area contributed by atoms with Crippen LogP contribution in [-0.2, 0) is 12.3 Å². The molecule has 3 aromatic rings. The lowest BCUT2D eigenvalue weighted by atomic mass is 10.2. The molecule has 0 amide bonds. The van der Waals surface area contributed by atoms with Gasteiger partial charge in [-0.2, -0.15) is 0 Å². The predicted octanol–water partition coefficient (Wildman–Crippen LogP) is 4.44. The number of aromatic nitrogens is 3. The Bertz CT molecular complexity index is 875. The van der Waals surface area contributed by atoms with Gasteiger partial charge in [-0.25, -0.2) is 0 Å². The number of allylic oxidation sites excluding steroid dienone is 1. The van der Waals surface area contributed by atoms with Gasteiger partial charge in [0.1, 0.15) is 11.5 Å². The van der Waals surface area contributed by atoms with E-state index in [1.165, 1.54) is 5.56 Å². The van der Waals surface area contributed by atoms with Gasteiger partial charge in [-0.15, -0.1) is 16.8 Å². The Morgan fingerprint density at radius 2 is 1.81 bits per heavy atom. The molecule has 0 unspecified atom stereocenters. The zero-order valence-corrected chi connectivity index (χ0v) is 15.7. The number of methoxy groups -OCH3 is 2. The van der Waals surface area contributed by atoms with Crippen molar-refractivity contribution >= 4 is 11.8 Å². The van der Waals surface area contributed by atoms with Crippen LogP contribution in [0, 0.1) is 0 Å². The zero-order chi connectivity index (χ0) is 18.4. The van der Waals surface area contributed by atoms with Crippen molar-refractivity contribution < 1.29 is 9.47 Å². The maximum absolute atomic E-state index is 5.47. The third-order valence-corrected chi connectivity index (χ3v) is 4.94. The maximum Gasteiger partial charge on any atom is 0.192 e. The Morgan fingerprint density at radius 1 is 1.04 bits per heavy atom. The molecule has 0 aliphatic carbocycles. The minimum Gasteiger partial charge on any atom is -0.497 e. The Labute approximate surface area is 157 Å². The first-order chi connectivity index (χ1) is 12.8. The number of ether oxygens (including phenoxy) is 2. The molecule has 0 fully saturated rings. The summed E-state index contributed by atoms with van der Waals surface area (Å²) in [5.41, 5.74) is 2.11. The summed E-state index contributed by atoms with van der Waals surface area (Å²) in [5, 5.41) is 9.63. The molecule has 0 aliphatic rings. The molecular formula is C20H21N3O2S. The topological polar surface area (TPSA) is 49.2 Å². The van der Waals surface area contributed by atoms with Crippen LogP contribution in [0.4, 0.5) is 0 Å². The molecule has 0 N–H and O–H groups in total. The first-order valence-corrected chi connectivity index (χ1v) is 9.18. The van der Waals surface area contributed by atoms with Gasteiger partial charge in [0.05, 0.1) is 19.8 Å². The van der Waals surface area contributed by atoms with Gasteiger partial charge in [-0.05, 0) is 29.8 Å². The van der Waals surface area contributed by atoms with Gasteiger partial charge in [-0.1, -0.05) is 42.1 Å². The van der Waals surface area contributed by atoms with E-state index in [0.29, 0.717) is 6.54 Å². The van der Waals surface area contributed by atoms with Crippen molar-refractivity contribution in [1.82, 2.24) is 14.8 Å². The first kappa shape index (κ1) is 18.1. The summed E-state index contributed by atoms with van der Waals surface area (Å²) in [5.74, 6) is 3.20. The lowest BCUT2D eigenvalue weighted by molar-refractivity contribution is 0.414. The molecule has 6 heteroatoms. The van der Waals surface area contributed by atoms with Crippen molar-refractivity contribution in [1.29, 1.82) is 0 Å². The van der Waals surface area contributed by atoms with E-state index in [9.17, 15) is 0 Å². The predicted molar refractivity (Wildman–Crippen MR) is 105 cm³/mol. The Hall–Kier alpha value is -2.73. The lowest BCUT2D eigenvalue weighted by Gasteiger charge is -2.10. The second-order valence-electron chi connectivity index (χ2n) is 5.54. The summed E-state index contributed by atoms with van der Waals surface area (Å²) in [6.07, 6.45) is 1.85. The molecule has 0 bridgehead atoms. The highest BCUT2D eigenvalue weighted by Crippen LogP contribution is 2.31. The van der Waals surface area contributed by atoms with E-state index in [1.807, 2.05) is 42.5 Å². The van der Waals surface area contributed by atoms with Gasteiger partial charge in [0, 0.05) is 12.3 Å². The quantitative estimate of drug-likeness (QED) is 0.435. The van der Waals surface area contributed by atoms with Gasteiger partial charge >= 0.3 is 0 Å². The highest BCUT2D eigenvalue weighted by molar-refractivity contribution is 7.98. The second-order valence-corrected chi connectivity index (χ2v) is 6.48. The van der Waals surface area contributed by atoms with E-state index >= 15 is 0 Å². The van der Waals surface area contributed by atoms with E-state index in [2.05, 4.69) is 33.5 Å².